The van der Waals surface area contributed by atoms with E-state index >= 15 is 0 Å². The van der Waals surface area contributed by atoms with E-state index in [0.717, 1.165) is 38.4 Å². The predicted molar refractivity (Wildman–Crippen MR) is 80.9 cm³/mol. The maximum Gasteiger partial charge on any atom is 0.137 e. The van der Waals surface area contributed by atoms with Crippen LogP contribution in [0.25, 0.3) is 11.0 Å². The summed E-state index contributed by atoms with van der Waals surface area (Å²) in [5, 5.41) is 1.28. The molecule has 4 nitrogen and oxygen atoms in total. The molecule has 2 aromatic rings. The number of aromatic nitrogens is 2. The number of fused-ring (bicyclic) bond motifs is 1. The second-order valence-electron chi connectivity index (χ2n) is 5.48. The maximum absolute atomic E-state index is 5.37. The Balaban J connectivity index is 1.39. The largest absolute Gasteiger partial charge is 0.379 e. The summed E-state index contributed by atoms with van der Waals surface area (Å²) in [5.41, 5.74) is 2.41. The summed E-state index contributed by atoms with van der Waals surface area (Å²) in [4.78, 5) is 10.1. The third-order valence-corrected chi connectivity index (χ3v) is 4.06. The first-order chi connectivity index (χ1) is 9.93. The van der Waals surface area contributed by atoms with Crippen LogP contribution in [0.2, 0.25) is 0 Å². The number of H-pyrrole nitrogens is 1. The van der Waals surface area contributed by atoms with Crippen LogP contribution in [-0.4, -0.2) is 47.7 Å². The molecule has 20 heavy (non-hydrogen) atoms. The van der Waals surface area contributed by atoms with Gasteiger partial charge in [-0.3, -0.25) is 4.90 Å². The quantitative estimate of drug-likeness (QED) is 0.823. The third kappa shape index (κ3) is 3.38. The van der Waals surface area contributed by atoms with Crippen LogP contribution in [-0.2, 0) is 11.2 Å². The molecule has 0 unspecified atom stereocenters. The van der Waals surface area contributed by atoms with Gasteiger partial charge < -0.3 is 9.72 Å². The second kappa shape index (κ2) is 6.86. The Morgan fingerprint density at radius 3 is 3.00 bits per heavy atom. The van der Waals surface area contributed by atoms with E-state index in [9.17, 15) is 0 Å². The highest BCUT2D eigenvalue weighted by atomic mass is 16.5. The Kier molecular flexibility index (Phi) is 4.66. The Morgan fingerprint density at radius 2 is 2.10 bits per heavy atom. The first-order valence-electron chi connectivity index (χ1n) is 7.64. The van der Waals surface area contributed by atoms with E-state index < -0.39 is 0 Å². The van der Waals surface area contributed by atoms with Gasteiger partial charge in [-0.2, -0.15) is 0 Å². The molecule has 1 fully saturated rings. The molecule has 0 atom stereocenters. The van der Waals surface area contributed by atoms with Gasteiger partial charge in [0.05, 0.1) is 13.2 Å². The van der Waals surface area contributed by atoms with Gasteiger partial charge in [-0.15, -0.1) is 0 Å². The Bertz CT molecular complexity index is 531. The predicted octanol–water partition coefficient (Wildman–Crippen LogP) is 2.61. The average molecular weight is 273 g/mol. The number of ether oxygens (including phenoxy) is 1. The normalized spacial score (nSPS) is 16.8. The molecule has 4 heteroatoms. The zero-order valence-electron chi connectivity index (χ0n) is 12.0. The molecule has 108 valence electrons. The lowest BCUT2D eigenvalue weighted by atomic mass is 10.1. The summed E-state index contributed by atoms with van der Waals surface area (Å²) < 4.78 is 5.37. The van der Waals surface area contributed by atoms with Crippen LogP contribution in [0.15, 0.2) is 24.5 Å². The van der Waals surface area contributed by atoms with Crippen LogP contribution in [0.1, 0.15) is 24.8 Å². The van der Waals surface area contributed by atoms with Gasteiger partial charge in [0.2, 0.25) is 0 Å². The van der Waals surface area contributed by atoms with Crippen molar-refractivity contribution >= 4 is 11.0 Å². The molecule has 3 rings (SSSR count). The van der Waals surface area contributed by atoms with Crippen molar-refractivity contribution in [3.63, 3.8) is 0 Å². The van der Waals surface area contributed by atoms with Crippen molar-refractivity contribution < 1.29 is 4.74 Å². The molecule has 0 spiro atoms. The Morgan fingerprint density at radius 1 is 1.20 bits per heavy atom. The van der Waals surface area contributed by atoms with E-state index in [1.807, 2.05) is 12.3 Å². The van der Waals surface area contributed by atoms with Gasteiger partial charge in [-0.25, -0.2) is 4.98 Å². The molecule has 1 aliphatic heterocycles. The van der Waals surface area contributed by atoms with Crippen molar-refractivity contribution in [2.45, 2.75) is 25.7 Å². The molecular weight excluding hydrogens is 250 g/mol. The molecule has 3 heterocycles. The van der Waals surface area contributed by atoms with E-state index in [0.29, 0.717) is 0 Å². The number of hydrogen-bond donors (Lipinski definition) is 1. The molecule has 0 saturated carbocycles. The fourth-order valence-electron chi connectivity index (χ4n) is 2.87. The molecule has 1 N–H and O–H groups in total. The maximum atomic E-state index is 5.37. The number of aromatic amines is 1. The standard InChI is InChI=1S/C16H23N3O/c1(3-8-19-9-11-20-12-10-19)2-5-14-13-18-16-15(14)6-4-7-17-16/h4,6-7,13H,1-3,5,8-12H2,(H,17,18). The van der Waals surface area contributed by atoms with Crippen molar-refractivity contribution in [1.29, 1.82) is 0 Å². The lowest BCUT2D eigenvalue weighted by Gasteiger charge is -2.26. The van der Waals surface area contributed by atoms with Crippen molar-refractivity contribution in [2.24, 2.45) is 0 Å². The first kappa shape index (κ1) is 13.6. The van der Waals surface area contributed by atoms with E-state index in [1.54, 1.807) is 0 Å². The van der Waals surface area contributed by atoms with Gasteiger partial charge in [0, 0.05) is 30.9 Å². The lowest BCUT2D eigenvalue weighted by Crippen LogP contribution is -2.36. The lowest BCUT2D eigenvalue weighted by molar-refractivity contribution is 0.0371. The Hall–Kier alpha value is -1.39. The summed E-state index contributed by atoms with van der Waals surface area (Å²) >= 11 is 0. The van der Waals surface area contributed by atoms with Gasteiger partial charge in [0.15, 0.2) is 0 Å². The fourth-order valence-corrected chi connectivity index (χ4v) is 2.87. The first-order valence-corrected chi connectivity index (χ1v) is 7.64. The van der Waals surface area contributed by atoms with Crippen molar-refractivity contribution in [3.05, 3.63) is 30.1 Å². The molecule has 0 amide bonds. The third-order valence-electron chi connectivity index (χ3n) is 4.06. The molecule has 2 aromatic heterocycles. The van der Waals surface area contributed by atoms with Crippen molar-refractivity contribution in [2.75, 3.05) is 32.8 Å². The summed E-state index contributed by atoms with van der Waals surface area (Å²) in [6.45, 7) is 5.24. The van der Waals surface area contributed by atoms with E-state index in [4.69, 9.17) is 4.74 Å². The topological polar surface area (TPSA) is 41.2 Å². The molecule has 1 aliphatic rings. The number of hydrogen-bond acceptors (Lipinski definition) is 3. The smallest absolute Gasteiger partial charge is 0.137 e. The average Bonchev–Trinajstić information content (AvgIpc) is 2.91. The monoisotopic (exact) mass is 273 g/mol. The highest BCUT2D eigenvalue weighted by Gasteiger charge is 2.09. The number of nitrogens with one attached hydrogen (secondary N) is 1. The van der Waals surface area contributed by atoms with Crippen molar-refractivity contribution in [1.82, 2.24) is 14.9 Å². The van der Waals surface area contributed by atoms with Crippen LogP contribution >= 0.6 is 0 Å². The zero-order chi connectivity index (χ0) is 13.6. The summed E-state index contributed by atoms with van der Waals surface area (Å²) in [7, 11) is 0. The van der Waals surface area contributed by atoms with Gasteiger partial charge in [-0.05, 0) is 43.5 Å². The molecule has 0 aromatic carbocycles. The number of rotatable bonds is 6. The molecule has 0 radical (unpaired) electrons. The van der Waals surface area contributed by atoms with Crippen LogP contribution in [0.5, 0.6) is 0 Å². The summed E-state index contributed by atoms with van der Waals surface area (Å²) in [5.74, 6) is 0. The second-order valence-corrected chi connectivity index (χ2v) is 5.48. The van der Waals surface area contributed by atoms with Gasteiger partial charge >= 0.3 is 0 Å². The van der Waals surface area contributed by atoms with Gasteiger partial charge in [-0.1, -0.05) is 6.42 Å². The fraction of sp³-hybridized carbons (Fsp3) is 0.562. The number of nitrogens with zero attached hydrogens (tertiary/aromatic N) is 2. The minimum Gasteiger partial charge on any atom is -0.379 e. The molecule has 0 aliphatic carbocycles. The van der Waals surface area contributed by atoms with Crippen LogP contribution in [0, 0.1) is 0 Å². The van der Waals surface area contributed by atoms with E-state index in [2.05, 4.69) is 27.1 Å². The van der Waals surface area contributed by atoms with Crippen molar-refractivity contribution in [3.8, 4) is 0 Å². The SMILES string of the molecule is c1cnc2[nH]cc(CCCCCN3CCOCC3)c2c1. The molecular formula is C16H23N3O. The number of pyridine rings is 1. The van der Waals surface area contributed by atoms with Gasteiger partial charge in [0.1, 0.15) is 5.65 Å². The molecule has 1 saturated heterocycles. The van der Waals surface area contributed by atoms with Gasteiger partial charge in [0.25, 0.3) is 0 Å². The zero-order valence-corrected chi connectivity index (χ0v) is 12.0. The van der Waals surface area contributed by atoms with E-state index in [-0.39, 0.29) is 0 Å². The van der Waals surface area contributed by atoms with E-state index in [1.165, 1.54) is 36.8 Å². The summed E-state index contributed by atoms with van der Waals surface area (Å²) in [6.07, 6.45) is 8.94. The number of aryl methyl sites for hydroxylation is 1. The Labute approximate surface area is 120 Å². The molecule has 0 bridgehead atoms. The minimum atomic E-state index is 0.905. The van der Waals surface area contributed by atoms with Crippen LogP contribution < -0.4 is 0 Å². The highest BCUT2D eigenvalue weighted by molar-refractivity contribution is 5.79. The minimum absolute atomic E-state index is 0.905. The highest BCUT2D eigenvalue weighted by Crippen LogP contribution is 2.18. The summed E-state index contributed by atoms with van der Waals surface area (Å²) in [6, 6.07) is 4.17. The van der Waals surface area contributed by atoms with Crippen LogP contribution in [0.3, 0.4) is 0 Å². The number of unbranched alkanes of at least 4 members (excludes halogenated alkanes) is 2. The van der Waals surface area contributed by atoms with Crippen LogP contribution in [0.4, 0.5) is 0 Å². The number of morpholine rings is 1.